The fourth-order valence-electron chi connectivity index (χ4n) is 1.33. The molecular weight excluding hydrogens is 202 g/mol. The Morgan fingerprint density at radius 2 is 1.33 bits per heavy atom. The van der Waals surface area contributed by atoms with E-state index in [-0.39, 0.29) is 0 Å². The molecular formula is C13H13NS. The molecule has 0 spiro atoms. The zero-order valence-corrected chi connectivity index (χ0v) is 9.45. The summed E-state index contributed by atoms with van der Waals surface area (Å²) in [4.78, 5) is 1.25. The van der Waals surface area contributed by atoms with Crippen LogP contribution in [-0.4, -0.2) is 7.05 Å². The zero-order chi connectivity index (χ0) is 10.5. The summed E-state index contributed by atoms with van der Waals surface area (Å²) >= 11 is 1.73. The van der Waals surface area contributed by atoms with E-state index in [0.29, 0.717) is 0 Å². The van der Waals surface area contributed by atoms with Gasteiger partial charge < -0.3 is 4.31 Å². The Morgan fingerprint density at radius 1 is 0.800 bits per heavy atom. The van der Waals surface area contributed by atoms with Gasteiger partial charge in [0.05, 0.1) is 0 Å². The molecule has 0 unspecified atom stereocenters. The molecule has 0 atom stereocenters. The first kappa shape index (κ1) is 10.1. The van der Waals surface area contributed by atoms with Crippen molar-refractivity contribution in [3.63, 3.8) is 0 Å². The monoisotopic (exact) mass is 215 g/mol. The third-order valence-electron chi connectivity index (χ3n) is 2.11. The van der Waals surface area contributed by atoms with Crippen molar-refractivity contribution in [2.24, 2.45) is 0 Å². The lowest BCUT2D eigenvalue weighted by Gasteiger charge is -2.17. The van der Waals surface area contributed by atoms with E-state index in [0.717, 1.165) is 0 Å². The minimum absolute atomic E-state index is 1.21. The zero-order valence-electron chi connectivity index (χ0n) is 8.63. The summed E-state index contributed by atoms with van der Waals surface area (Å²) in [6.07, 6.45) is 0. The highest BCUT2D eigenvalue weighted by molar-refractivity contribution is 8.00. The van der Waals surface area contributed by atoms with Crippen molar-refractivity contribution >= 4 is 17.6 Å². The third-order valence-corrected chi connectivity index (χ3v) is 3.07. The van der Waals surface area contributed by atoms with Crippen LogP contribution in [0.25, 0.3) is 0 Å². The predicted molar refractivity (Wildman–Crippen MR) is 67.1 cm³/mol. The van der Waals surface area contributed by atoms with Crippen LogP contribution in [0.1, 0.15) is 0 Å². The van der Waals surface area contributed by atoms with Gasteiger partial charge in [-0.3, -0.25) is 0 Å². The molecule has 15 heavy (non-hydrogen) atoms. The van der Waals surface area contributed by atoms with E-state index < -0.39 is 0 Å². The van der Waals surface area contributed by atoms with Gasteiger partial charge in [-0.2, -0.15) is 0 Å². The van der Waals surface area contributed by atoms with Gasteiger partial charge in [-0.05, 0) is 36.2 Å². The van der Waals surface area contributed by atoms with Gasteiger partial charge >= 0.3 is 0 Å². The first-order valence-corrected chi connectivity index (χ1v) is 5.65. The number of para-hydroxylation sites is 1. The lowest BCUT2D eigenvalue weighted by atomic mass is 10.3. The van der Waals surface area contributed by atoms with E-state index in [2.05, 4.69) is 59.9 Å². The van der Waals surface area contributed by atoms with E-state index in [9.17, 15) is 0 Å². The topological polar surface area (TPSA) is 3.24 Å². The molecule has 0 saturated heterocycles. The summed E-state index contributed by atoms with van der Waals surface area (Å²) in [5.74, 6) is 0. The van der Waals surface area contributed by atoms with Crippen LogP contribution in [0.3, 0.4) is 0 Å². The molecule has 0 saturated carbocycles. The van der Waals surface area contributed by atoms with Crippen molar-refractivity contribution in [2.75, 3.05) is 11.4 Å². The molecule has 0 heterocycles. The Kier molecular flexibility index (Phi) is 3.30. The maximum atomic E-state index is 2.16. The Morgan fingerprint density at radius 3 is 1.93 bits per heavy atom. The smallest absolute Gasteiger partial charge is 0.0469 e. The minimum Gasteiger partial charge on any atom is -0.315 e. The van der Waals surface area contributed by atoms with Gasteiger partial charge in [0, 0.05) is 17.6 Å². The summed E-state index contributed by atoms with van der Waals surface area (Å²) in [6, 6.07) is 20.7. The van der Waals surface area contributed by atoms with Crippen LogP contribution in [0, 0.1) is 0 Å². The third kappa shape index (κ3) is 2.77. The second kappa shape index (κ2) is 4.89. The van der Waals surface area contributed by atoms with Crippen LogP contribution < -0.4 is 4.31 Å². The Labute approximate surface area is 94.9 Å². The molecule has 2 rings (SSSR count). The maximum absolute atomic E-state index is 2.16. The van der Waals surface area contributed by atoms with Crippen molar-refractivity contribution < 1.29 is 0 Å². The molecule has 0 aliphatic carbocycles. The fourth-order valence-corrected chi connectivity index (χ4v) is 2.15. The SMILES string of the molecule is CN(Sc1ccccc1)c1ccccc1. The Hall–Kier alpha value is -1.41. The summed E-state index contributed by atoms with van der Waals surface area (Å²) in [7, 11) is 2.08. The molecule has 0 aliphatic heterocycles. The quantitative estimate of drug-likeness (QED) is 0.716. The van der Waals surface area contributed by atoms with Crippen molar-refractivity contribution in [1.29, 1.82) is 0 Å². The largest absolute Gasteiger partial charge is 0.315 e. The summed E-state index contributed by atoms with van der Waals surface area (Å²) in [5.41, 5.74) is 1.21. The van der Waals surface area contributed by atoms with Gasteiger partial charge in [-0.25, -0.2) is 0 Å². The highest BCUT2D eigenvalue weighted by Gasteiger charge is 2.01. The van der Waals surface area contributed by atoms with Gasteiger partial charge in [-0.15, -0.1) is 0 Å². The molecule has 0 radical (unpaired) electrons. The summed E-state index contributed by atoms with van der Waals surface area (Å²) in [6.45, 7) is 0. The molecule has 1 nitrogen and oxygen atoms in total. The van der Waals surface area contributed by atoms with E-state index in [1.54, 1.807) is 11.9 Å². The normalized spacial score (nSPS) is 9.93. The first-order valence-electron chi connectivity index (χ1n) is 4.88. The molecule has 0 aromatic heterocycles. The number of nitrogens with zero attached hydrogens (tertiary/aromatic N) is 1. The Balaban J connectivity index is 2.08. The molecule has 0 fully saturated rings. The molecule has 2 aromatic rings. The molecule has 0 bridgehead atoms. The minimum atomic E-state index is 1.21. The van der Waals surface area contributed by atoms with E-state index in [1.165, 1.54) is 10.6 Å². The van der Waals surface area contributed by atoms with E-state index >= 15 is 0 Å². The summed E-state index contributed by atoms with van der Waals surface area (Å²) < 4.78 is 2.16. The fraction of sp³-hybridized carbons (Fsp3) is 0.0769. The second-order valence-corrected chi connectivity index (χ2v) is 4.44. The van der Waals surface area contributed by atoms with Crippen LogP contribution in [0.5, 0.6) is 0 Å². The number of anilines is 1. The van der Waals surface area contributed by atoms with Crippen molar-refractivity contribution in [2.45, 2.75) is 4.90 Å². The van der Waals surface area contributed by atoms with Crippen molar-refractivity contribution in [1.82, 2.24) is 0 Å². The van der Waals surface area contributed by atoms with Crippen LogP contribution in [0.15, 0.2) is 65.6 Å². The molecule has 0 N–H and O–H groups in total. The predicted octanol–water partition coefficient (Wildman–Crippen LogP) is 3.83. The van der Waals surface area contributed by atoms with E-state index in [1.807, 2.05) is 12.1 Å². The number of rotatable bonds is 3. The van der Waals surface area contributed by atoms with Gasteiger partial charge in [0.2, 0.25) is 0 Å². The van der Waals surface area contributed by atoms with Gasteiger partial charge in [0.1, 0.15) is 0 Å². The average molecular weight is 215 g/mol. The number of hydrogen-bond donors (Lipinski definition) is 0. The second-order valence-electron chi connectivity index (χ2n) is 3.24. The van der Waals surface area contributed by atoms with Gasteiger partial charge in [-0.1, -0.05) is 36.4 Å². The van der Waals surface area contributed by atoms with Gasteiger partial charge in [0.25, 0.3) is 0 Å². The summed E-state index contributed by atoms with van der Waals surface area (Å²) in [5, 5.41) is 0. The highest BCUT2D eigenvalue weighted by atomic mass is 32.2. The van der Waals surface area contributed by atoms with Crippen LogP contribution in [-0.2, 0) is 0 Å². The van der Waals surface area contributed by atoms with Crippen LogP contribution in [0.2, 0.25) is 0 Å². The molecule has 2 heteroatoms. The van der Waals surface area contributed by atoms with Crippen LogP contribution >= 0.6 is 11.9 Å². The van der Waals surface area contributed by atoms with Crippen LogP contribution in [0.4, 0.5) is 5.69 Å². The molecule has 76 valence electrons. The number of hydrogen-bond acceptors (Lipinski definition) is 2. The van der Waals surface area contributed by atoms with E-state index in [4.69, 9.17) is 0 Å². The molecule has 0 aliphatic rings. The van der Waals surface area contributed by atoms with Crippen molar-refractivity contribution in [3.8, 4) is 0 Å². The highest BCUT2D eigenvalue weighted by Crippen LogP contribution is 2.26. The number of benzene rings is 2. The first-order chi connectivity index (χ1) is 7.36. The van der Waals surface area contributed by atoms with Crippen molar-refractivity contribution in [3.05, 3.63) is 60.7 Å². The molecule has 0 amide bonds. The van der Waals surface area contributed by atoms with Gasteiger partial charge in [0.15, 0.2) is 0 Å². The lowest BCUT2D eigenvalue weighted by Crippen LogP contribution is -2.05. The standard InChI is InChI=1S/C13H13NS/c1-14(12-8-4-2-5-9-12)15-13-10-6-3-7-11-13/h2-11H,1H3. The Bertz CT molecular complexity index is 399. The maximum Gasteiger partial charge on any atom is 0.0469 e. The lowest BCUT2D eigenvalue weighted by molar-refractivity contribution is 1.33. The average Bonchev–Trinajstić information content (AvgIpc) is 2.31. The molecule has 2 aromatic carbocycles.